The predicted molar refractivity (Wildman–Crippen MR) is 115 cm³/mol. The van der Waals surface area contributed by atoms with Crippen molar-refractivity contribution in [3.8, 4) is 0 Å². The zero-order valence-electron chi connectivity index (χ0n) is 16.5. The molecule has 1 fully saturated rings. The molecule has 4 aromatic rings. The molecule has 1 aliphatic heterocycles. The lowest BCUT2D eigenvalue weighted by Crippen LogP contribution is -2.45. The Bertz CT molecular complexity index is 1490. The van der Waals surface area contributed by atoms with Crippen LogP contribution in [0.3, 0.4) is 0 Å². The number of benzene rings is 2. The lowest BCUT2D eigenvalue weighted by atomic mass is 10.1. The van der Waals surface area contributed by atoms with E-state index in [1.54, 1.807) is 48.5 Å². The van der Waals surface area contributed by atoms with Gasteiger partial charge in [-0.15, -0.1) is 0 Å². The van der Waals surface area contributed by atoms with Gasteiger partial charge >= 0.3 is 5.69 Å². The normalized spacial score (nSPS) is 16.3. The summed E-state index contributed by atoms with van der Waals surface area (Å²) in [6, 6.07) is 13.6. The maximum atomic E-state index is 13.0. The van der Waals surface area contributed by atoms with E-state index < -0.39 is 15.7 Å². The van der Waals surface area contributed by atoms with Crippen LogP contribution in [0.5, 0.6) is 0 Å². The lowest BCUT2D eigenvalue weighted by Gasteiger charge is -2.31. The van der Waals surface area contributed by atoms with Gasteiger partial charge in [-0.05, 0) is 37.1 Å². The largest absolute Gasteiger partial charge is 0.356 e. The molecule has 3 heterocycles. The van der Waals surface area contributed by atoms with Crippen molar-refractivity contribution in [3.05, 3.63) is 75.1 Å². The number of rotatable bonds is 4. The Balaban J connectivity index is 1.36. The van der Waals surface area contributed by atoms with E-state index >= 15 is 0 Å². The summed E-state index contributed by atoms with van der Waals surface area (Å²) in [6.07, 6.45) is 0.750. The topological polar surface area (TPSA) is 118 Å². The fourth-order valence-corrected chi connectivity index (χ4v) is 5.70. The Morgan fingerprint density at radius 1 is 1.00 bits per heavy atom. The highest BCUT2D eigenvalue weighted by Gasteiger charge is 2.31. The van der Waals surface area contributed by atoms with Crippen LogP contribution in [-0.4, -0.2) is 40.5 Å². The molecule has 0 aliphatic carbocycles. The molecule has 0 amide bonds. The first-order valence-corrected chi connectivity index (χ1v) is 11.6. The van der Waals surface area contributed by atoms with E-state index in [4.69, 9.17) is 4.52 Å². The molecule has 1 saturated heterocycles. The van der Waals surface area contributed by atoms with Crippen molar-refractivity contribution in [2.24, 2.45) is 0 Å². The van der Waals surface area contributed by atoms with Gasteiger partial charge in [0.2, 0.25) is 10.0 Å². The van der Waals surface area contributed by atoms with Gasteiger partial charge < -0.3 is 9.51 Å². The molecule has 2 aromatic heterocycles. The van der Waals surface area contributed by atoms with Crippen LogP contribution in [0, 0.1) is 0 Å². The molecule has 0 radical (unpaired) electrons. The lowest BCUT2D eigenvalue weighted by molar-refractivity contribution is 0.265. The number of hydrogen-bond acceptors (Lipinski definition) is 6. The minimum atomic E-state index is -3.62. The Labute approximate surface area is 176 Å². The number of para-hydroxylation sites is 2. The Morgan fingerprint density at radius 2 is 1.68 bits per heavy atom. The standard InChI is InChI=1S/C21H20N4O5S/c26-20-16-6-1-3-7-17(16)22-21(27)25(20)14-9-11-24(12-10-14)31(28,29)13-18-15-5-2-4-8-19(15)30-23-18/h1-8,14H,9-13H2,(H,22,27). The first-order chi connectivity index (χ1) is 14.9. The minimum Gasteiger partial charge on any atom is -0.356 e. The van der Waals surface area contributed by atoms with Crippen LogP contribution in [0.4, 0.5) is 0 Å². The van der Waals surface area contributed by atoms with Gasteiger partial charge in [0.25, 0.3) is 5.56 Å². The molecule has 5 rings (SSSR count). The van der Waals surface area contributed by atoms with Crippen LogP contribution in [0.15, 0.2) is 62.6 Å². The molecule has 0 atom stereocenters. The van der Waals surface area contributed by atoms with Gasteiger partial charge in [-0.1, -0.05) is 29.4 Å². The minimum absolute atomic E-state index is 0.224. The van der Waals surface area contributed by atoms with Crippen molar-refractivity contribution in [3.63, 3.8) is 0 Å². The highest BCUT2D eigenvalue weighted by molar-refractivity contribution is 7.88. The second-order valence-electron chi connectivity index (χ2n) is 7.66. The number of fused-ring (bicyclic) bond motifs is 2. The van der Waals surface area contributed by atoms with E-state index in [2.05, 4.69) is 10.1 Å². The van der Waals surface area contributed by atoms with Crippen LogP contribution >= 0.6 is 0 Å². The highest BCUT2D eigenvalue weighted by atomic mass is 32.2. The molecule has 0 spiro atoms. The fraction of sp³-hybridized carbons (Fsp3) is 0.286. The van der Waals surface area contributed by atoms with E-state index in [1.165, 1.54) is 8.87 Å². The number of nitrogens with zero attached hydrogens (tertiary/aromatic N) is 3. The Hall–Kier alpha value is -3.24. The number of H-pyrrole nitrogens is 1. The molecular weight excluding hydrogens is 420 g/mol. The second-order valence-corrected chi connectivity index (χ2v) is 9.63. The van der Waals surface area contributed by atoms with Gasteiger partial charge in [-0.25, -0.2) is 17.5 Å². The van der Waals surface area contributed by atoms with E-state index in [-0.39, 0.29) is 30.4 Å². The van der Waals surface area contributed by atoms with Crippen LogP contribution in [-0.2, 0) is 15.8 Å². The monoisotopic (exact) mass is 440 g/mol. The number of hydrogen-bond donors (Lipinski definition) is 1. The van der Waals surface area contributed by atoms with Gasteiger partial charge in [0.15, 0.2) is 5.58 Å². The van der Waals surface area contributed by atoms with Gasteiger partial charge in [-0.2, -0.15) is 0 Å². The highest BCUT2D eigenvalue weighted by Crippen LogP contribution is 2.26. The third kappa shape index (κ3) is 3.47. The van der Waals surface area contributed by atoms with Gasteiger partial charge in [0, 0.05) is 24.5 Å². The average molecular weight is 440 g/mol. The van der Waals surface area contributed by atoms with E-state index in [9.17, 15) is 18.0 Å². The molecular formula is C21H20N4O5S. The van der Waals surface area contributed by atoms with Crippen LogP contribution in [0.2, 0.25) is 0 Å². The third-order valence-corrected chi connectivity index (χ3v) is 7.58. The Morgan fingerprint density at radius 3 is 2.45 bits per heavy atom. The quantitative estimate of drug-likeness (QED) is 0.519. The summed E-state index contributed by atoms with van der Waals surface area (Å²) < 4.78 is 33.7. The number of aromatic nitrogens is 3. The Kier molecular flexibility index (Phi) is 4.75. The number of aromatic amines is 1. The first-order valence-electron chi connectivity index (χ1n) is 9.99. The number of sulfonamides is 1. The number of piperidine rings is 1. The molecule has 9 nitrogen and oxygen atoms in total. The fourth-order valence-electron chi connectivity index (χ4n) is 4.19. The molecule has 1 aliphatic rings. The van der Waals surface area contributed by atoms with Crippen molar-refractivity contribution in [1.82, 2.24) is 19.0 Å². The summed E-state index contributed by atoms with van der Waals surface area (Å²) in [5, 5.41) is 5.03. The maximum absolute atomic E-state index is 13.0. The summed E-state index contributed by atoms with van der Waals surface area (Å²) >= 11 is 0. The molecule has 1 N–H and O–H groups in total. The van der Waals surface area contributed by atoms with Gasteiger partial charge in [0.1, 0.15) is 11.4 Å². The average Bonchev–Trinajstić information content (AvgIpc) is 3.16. The molecule has 0 unspecified atom stereocenters. The SMILES string of the molecule is O=c1[nH]c2ccccc2c(=O)n1C1CCN(S(=O)(=O)Cc2noc3ccccc23)CC1. The van der Waals surface area contributed by atoms with Crippen LogP contribution in [0.25, 0.3) is 21.9 Å². The van der Waals surface area contributed by atoms with Crippen molar-refractivity contribution < 1.29 is 12.9 Å². The van der Waals surface area contributed by atoms with Crippen LogP contribution in [0.1, 0.15) is 24.6 Å². The van der Waals surface area contributed by atoms with E-state index in [0.717, 1.165) is 0 Å². The van der Waals surface area contributed by atoms with Crippen LogP contribution < -0.4 is 11.2 Å². The summed E-state index contributed by atoms with van der Waals surface area (Å²) in [7, 11) is -3.62. The smallest absolute Gasteiger partial charge is 0.329 e. The van der Waals surface area contributed by atoms with E-state index in [0.29, 0.717) is 40.4 Å². The molecule has 31 heavy (non-hydrogen) atoms. The van der Waals surface area contributed by atoms with E-state index in [1.807, 2.05) is 0 Å². The zero-order chi connectivity index (χ0) is 21.6. The first kappa shape index (κ1) is 19.7. The zero-order valence-corrected chi connectivity index (χ0v) is 17.3. The van der Waals surface area contributed by atoms with Crippen molar-refractivity contribution in [2.75, 3.05) is 13.1 Å². The van der Waals surface area contributed by atoms with Crippen molar-refractivity contribution >= 4 is 31.9 Å². The second kappa shape index (κ2) is 7.47. The molecule has 2 aromatic carbocycles. The summed E-state index contributed by atoms with van der Waals surface area (Å²) in [5.41, 5.74) is 0.587. The molecule has 0 saturated carbocycles. The summed E-state index contributed by atoms with van der Waals surface area (Å²) in [6.45, 7) is 0.447. The van der Waals surface area contributed by atoms with Crippen molar-refractivity contribution in [1.29, 1.82) is 0 Å². The summed E-state index contributed by atoms with van der Waals surface area (Å²) in [4.78, 5) is 28.1. The maximum Gasteiger partial charge on any atom is 0.329 e. The molecule has 160 valence electrons. The number of nitrogens with one attached hydrogen (secondary N) is 1. The third-order valence-electron chi connectivity index (χ3n) is 5.79. The molecule has 0 bridgehead atoms. The van der Waals surface area contributed by atoms with Gasteiger partial charge in [-0.3, -0.25) is 9.36 Å². The van der Waals surface area contributed by atoms with Crippen molar-refractivity contribution in [2.45, 2.75) is 24.6 Å². The summed E-state index contributed by atoms with van der Waals surface area (Å²) in [5.74, 6) is -0.259. The molecule has 10 heteroatoms. The van der Waals surface area contributed by atoms with Gasteiger partial charge in [0.05, 0.1) is 10.9 Å². The predicted octanol–water partition coefficient (Wildman–Crippen LogP) is 2.00.